The number of halogens is 2. The number of nitrogens with one attached hydrogen (secondary N) is 1. The Labute approximate surface area is 209 Å². The maximum absolute atomic E-state index is 6.29. The lowest BCUT2D eigenvalue weighted by Crippen LogP contribution is -2.34. The van der Waals surface area contributed by atoms with E-state index in [9.17, 15) is 0 Å². The van der Waals surface area contributed by atoms with Gasteiger partial charge in [-0.15, -0.1) is 0 Å². The molecule has 2 aliphatic rings. The summed E-state index contributed by atoms with van der Waals surface area (Å²) in [5.41, 5.74) is 3.74. The molecule has 8 nitrogen and oxygen atoms in total. The third-order valence-corrected chi connectivity index (χ3v) is 6.62. The maximum Gasteiger partial charge on any atom is 0.250 e. The first-order valence-corrected chi connectivity index (χ1v) is 12.5. The third-order valence-electron chi connectivity index (χ3n) is 6.07. The molecule has 0 radical (unpaired) electrons. The van der Waals surface area contributed by atoms with Crippen LogP contribution in [-0.2, 0) is 0 Å². The van der Waals surface area contributed by atoms with Gasteiger partial charge in [0.15, 0.2) is 0 Å². The molecule has 0 unspecified atom stereocenters. The molecule has 5 rings (SSSR count). The number of rotatable bonds is 6. The molecule has 2 aliphatic heterocycles. The summed E-state index contributed by atoms with van der Waals surface area (Å²) in [7, 11) is 0. The van der Waals surface area contributed by atoms with Gasteiger partial charge in [-0.25, -0.2) is 5.43 Å². The molecule has 2 aromatic heterocycles. The highest BCUT2D eigenvalue weighted by atomic mass is 35.5. The van der Waals surface area contributed by atoms with E-state index in [1.165, 1.54) is 12.8 Å². The summed E-state index contributed by atoms with van der Waals surface area (Å²) in [6.45, 7) is 3.87. The molecule has 0 aliphatic carbocycles. The third kappa shape index (κ3) is 5.45. The first-order chi connectivity index (χ1) is 16.7. The van der Waals surface area contributed by atoms with Crippen LogP contribution in [0, 0.1) is 0 Å². The van der Waals surface area contributed by atoms with E-state index in [0.29, 0.717) is 39.4 Å². The predicted octanol–water partition coefficient (Wildman–Crippen LogP) is 5.87. The zero-order valence-corrected chi connectivity index (χ0v) is 20.4. The van der Waals surface area contributed by atoms with Gasteiger partial charge < -0.3 is 14.2 Å². The van der Waals surface area contributed by atoms with Gasteiger partial charge >= 0.3 is 0 Å². The van der Waals surface area contributed by atoms with Crippen molar-refractivity contribution in [3.63, 3.8) is 0 Å². The predicted molar refractivity (Wildman–Crippen MR) is 137 cm³/mol. The number of nitrogens with zero attached hydrogens (tertiary/aromatic N) is 6. The molecule has 1 N–H and O–H groups in total. The van der Waals surface area contributed by atoms with Crippen molar-refractivity contribution in [1.29, 1.82) is 0 Å². The SMILES string of the molecule is Clc1ccc(-c2ccc(/C=N\Nc3nc(N4CCCCC4)nc(N4CCCCC4)n3)o2)c(Cl)c1. The number of hydrazone groups is 1. The second-order valence-electron chi connectivity index (χ2n) is 8.55. The van der Waals surface area contributed by atoms with Crippen molar-refractivity contribution in [1.82, 2.24) is 15.0 Å². The number of furan rings is 1. The van der Waals surface area contributed by atoms with E-state index >= 15 is 0 Å². The van der Waals surface area contributed by atoms with Gasteiger partial charge in [0.05, 0.1) is 11.2 Å². The Morgan fingerprint density at radius 3 is 2.09 bits per heavy atom. The molecule has 0 amide bonds. The molecule has 1 aromatic carbocycles. The smallest absolute Gasteiger partial charge is 0.250 e. The van der Waals surface area contributed by atoms with Crippen LogP contribution in [0.5, 0.6) is 0 Å². The highest BCUT2D eigenvalue weighted by Gasteiger charge is 2.20. The molecular weight excluding hydrogens is 473 g/mol. The summed E-state index contributed by atoms with van der Waals surface area (Å²) in [5, 5.41) is 5.43. The average molecular weight is 500 g/mol. The fourth-order valence-corrected chi connectivity index (χ4v) is 4.79. The Morgan fingerprint density at radius 2 is 1.47 bits per heavy atom. The van der Waals surface area contributed by atoms with Crippen LogP contribution in [0.15, 0.2) is 39.9 Å². The first kappa shape index (κ1) is 22.9. The van der Waals surface area contributed by atoms with Crippen LogP contribution in [0.1, 0.15) is 44.3 Å². The fraction of sp³-hybridized carbons (Fsp3) is 0.417. The average Bonchev–Trinajstić information content (AvgIpc) is 3.33. The zero-order valence-electron chi connectivity index (χ0n) is 18.9. The van der Waals surface area contributed by atoms with E-state index in [0.717, 1.165) is 57.4 Å². The van der Waals surface area contributed by atoms with Gasteiger partial charge in [-0.2, -0.15) is 20.1 Å². The Balaban J connectivity index is 1.33. The molecule has 3 aromatic rings. The molecule has 0 spiro atoms. The number of anilines is 3. The number of hydrogen-bond acceptors (Lipinski definition) is 8. The van der Waals surface area contributed by atoms with Crippen molar-refractivity contribution >= 4 is 47.3 Å². The van der Waals surface area contributed by atoms with E-state index in [2.05, 4.69) is 30.3 Å². The summed E-state index contributed by atoms with van der Waals surface area (Å²) < 4.78 is 5.88. The number of aromatic nitrogens is 3. The Bertz CT molecular complexity index is 1120. The van der Waals surface area contributed by atoms with Gasteiger partial charge in [0.1, 0.15) is 11.5 Å². The van der Waals surface area contributed by atoms with E-state index in [1.54, 1.807) is 18.3 Å². The van der Waals surface area contributed by atoms with Gasteiger partial charge in [-0.1, -0.05) is 23.2 Å². The second-order valence-corrected chi connectivity index (χ2v) is 9.39. The van der Waals surface area contributed by atoms with Crippen molar-refractivity contribution in [2.45, 2.75) is 38.5 Å². The minimum Gasteiger partial charge on any atom is -0.455 e. The topological polar surface area (TPSA) is 82.7 Å². The van der Waals surface area contributed by atoms with Crippen molar-refractivity contribution in [3.05, 3.63) is 46.1 Å². The lowest BCUT2D eigenvalue weighted by molar-refractivity contribution is 0.556. The molecule has 2 saturated heterocycles. The van der Waals surface area contributed by atoms with Crippen LogP contribution < -0.4 is 15.2 Å². The largest absolute Gasteiger partial charge is 0.455 e. The minimum atomic E-state index is 0.430. The van der Waals surface area contributed by atoms with E-state index in [1.807, 2.05) is 18.2 Å². The molecular formula is C24H27Cl2N7O. The summed E-state index contributed by atoms with van der Waals surface area (Å²) in [4.78, 5) is 18.6. The Morgan fingerprint density at radius 1 is 0.824 bits per heavy atom. The fourth-order valence-electron chi connectivity index (χ4n) is 4.28. The van der Waals surface area contributed by atoms with Crippen molar-refractivity contribution in [2.75, 3.05) is 41.4 Å². The minimum absolute atomic E-state index is 0.430. The lowest BCUT2D eigenvalue weighted by atomic mass is 10.1. The second kappa shape index (κ2) is 10.6. The highest BCUT2D eigenvalue weighted by molar-refractivity contribution is 6.36. The lowest BCUT2D eigenvalue weighted by Gasteiger charge is -2.30. The molecule has 0 saturated carbocycles. The van der Waals surface area contributed by atoms with Crippen LogP contribution in [0.4, 0.5) is 17.8 Å². The van der Waals surface area contributed by atoms with Crippen LogP contribution in [0.2, 0.25) is 10.0 Å². The van der Waals surface area contributed by atoms with Gasteiger partial charge in [0, 0.05) is 36.8 Å². The number of benzene rings is 1. The summed E-state index contributed by atoms with van der Waals surface area (Å²) >= 11 is 12.3. The molecule has 10 heteroatoms. The van der Waals surface area contributed by atoms with Crippen LogP contribution in [0.25, 0.3) is 11.3 Å². The van der Waals surface area contributed by atoms with E-state index < -0.39 is 0 Å². The molecule has 0 bridgehead atoms. The van der Waals surface area contributed by atoms with Crippen molar-refractivity contribution in [2.24, 2.45) is 5.10 Å². The van der Waals surface area contributed by atoms with E-state index in [4.69, 9.17) is 32.6 Å². The van der Waals surface area contributed by atoms with Crippen molar-refractivity contribution in [3.8, 4) is 11.3 Å². The highest BCUT2D eigenvalue weighted by Crippen LogP contribution is 2.31. The quantitative estimate of drug-likeness (QED) is 0.335. The summed E-state index contributed by atoms with van der Waals surface area (Å²) in [6.07, 6.45) is 8.73. The first-order valence-electron chi connectivity index (χ1n) is 11.8. The standard InChI is InChI=1S/C24H27Cl2N7O/c25-17-7-9-19(20(26)15-17)21-10-8-18(34-21)16-27-31-22-28-23(32-11-3-1-4-12-32)30-24(29-22)33-13-5-2-6-14-33/h7-10,15-16H,1-6,11-14H2,(H,28,29,30,31)/b27-16-. The maximum atomic E-state index is 6.29. The molecule has 0 atom stereocenters. The van der Waals surface area contributed by atoms with Crippen LogP contribution >= 0.6 is 23.2 Å². The van der Waals surface area contributed by atoms with Crippen LogP contribution in [-0.4, -0.2) is 47.3 Å². The summed E-state index contributed by atoms with van der Waals surface area (Å²) in [6, 6.07) is 8.98. The van der Waals surface area contributed by atoms with Gasteiger partial charge in [-0.3, -0.25) is 0 Å². The van der Waals surface area contributed by atoms with Gasteiger partial charge in [0.2, 0.25) is 17.8 Å². The normalized spacial score (nSPS) is 16.9. The monoisotopic (exact) mass is 499 g/mol. The molecule has 4 heterocycles. The van der Waals surface area contributed by atoms with Gasteiger partial charge in [-0.05, 0) is 68.9 Å². The molecule has 34 heavy (non-hydrogen) atoms. The Kier molecular flexibility index (Phi) is 7.16. The number of hydrogen-bond donors (Lipinski definition) is 1. The zero-order chi connectivity index (χ0) is 23.3. The summed E-state index contributed by atoms with van der Waals surface area (Å²) in [5.74, 6) is 3.08. The van der Waals surface area contributed by atoms with E-state index in [-0.39, 0.29) is 0 Å². The molecule has 2 fully saturated rings. The van der Waals surface area contributed by atoms with Crippen molar-refractivity contribution < 1.29 is 4.42 Å². The number of piperidine rings is 2. The van der Waals surface area contributed by atoms with Crippen LogP contribution in [0.3, 0.4) is 0 Å². The Hall–Kier alpha value is -2.84. The van der Waals surface area contributed by atoms with Gasteiger partial charge in [0.25, 0.3) is 0 Å². The molecule has 178 valence electrons.